The summed E-state index contributed by atoms with van der Waals surface area (Å²) in [7, 11) is 0. The van der Waals surface area contributed by atoms with E-state index < -0.39 is 0 Å². The molecule has 0 amide bonds. The normalized spacial score (nSPS) is 14.6. The van der Waals surface area contributed by atoms with Crippen LogP contribution >= 0.6 is 0 Å². The Labute approximate surface area is 318 Å². The van der Waals surface area contributed by atoms with E-state index in [2.05, 4.69) is 222 Å². The maximum absolute atomic E-state index is 2.57. The van der Waals surface area contributed by atoms with Crippen LogP contribution in [0.15, 0.2) is 206 Å². The van der Waals surface area contributed by atoms with Crippen LogP contribution in [0.3, 0.4) is 0 Å². The van der Waals surface area contributed by atoms with Gasteiger partial charge in [-0.1, -0.05) is 164 Å². The fourth-order valence-electron chi connectivity index (χ4n) is 7.93. The summed E-state index contributed by atoms with van der Waals surface area (Å²) in [4.78, 5) is 4.92. The molecular weight excluding hydrogens is 653 g/mol. The maximum atomic E-state index is 2.57. The van der Waals surface area contributed by atoms with Crippen LogP contribution in [0.1, 0.15) is 19.3 Å². The van der Waals surface area contributed by atoms with E-state index in [-0.39, 0.29) is 6.04 Å². The van der Waals surface area contributed by atoms with Crippen molar-refractivity contribution >= 4 is 34.5 Å². The van der Waals surface area contributed by atoms with Crippen molar-refractivity contribution in [1.82, 2.24) is 0 Å². The molecule has 7 aromatic carbocycles. The molecule has 0 aliphatic heterocycles. The molecule has 7 aromatic rings. The van der Waals surface area contributed by atoms with E-state index in [9.17, 15) is 0 Å². The maximum Gasteiger partial charge on any atom is 0.0556 e. The van der Waals surface area contributed by atoms with Crippen molar-refractivity contribution in [2.24, 2.45) is 0 Å². The molecule has 0 saturated heterocycles. The SMILES string of the molecule is C1=CCC(N(C2=c3ccccc3=CCC2)c2ccc(-c3ccc(N(c4ccc(-c5ccccc5)cc4)c4ccc(-c5ccccc5)cc4)cc3)cc2)C=C1. The lowest BCUT2D eigenvalue weighted by molar-refractivity contribution is 0.767. The molecule has 1 atom stereocenters. The number of rotatable bonds is 9. The zero-order chi connectivity index (χ0) is 36.1. The van der Waals surface area contributed by atoms with E-state index >= 15 is 0 Å². The van der Waals surface area contributed by atoms with E-state index in [1.807, 2.05) is 0 Å². The molecule has 0 N–H and O–H groups in total. The fourth-order valence-corrected chi connectivity index (χ4v) is 7.93. The van der Waals surface area contributed by atoms with Crippen molar-refractivity contribution in [3.63, 3.8) is 0 Å². The van der Waals surface area contributed by atoms with Crippen molar-refractivity contribution in [2.75, 3.05) is 9.80 Å². The first-order valence-electron chi connectivity index (χ1n) is 19.0. The Kier molecular flexibility index (Phi) is 9.32. The quantitative estimate of drug-likeness (QED) is 0.148. The Hall–Kier alpha value is -6.64. The van der Waals surface area contributed by atoms with Crippen LogP contribution in [0.25, 0.3) is 45.2 Å². The fraction of sp³-hybridized carbons (Fsp3) is 0.0769. The van der Waals surface area contributed by atoms with Gasteiger partial charge in [0.05, 0.1) is 6.04 Å². The molecule has 0 saturated carbocycles. The van der Waals surface area contributed by atoms with Gasteiger partial charge in [-0.25, -0.2) is 0 Å². The highest BCUT2D eigenvalue weighted by Gasteiger charge is 2.23. The van der Waals surface area contributed by atoms with Gasteiger partial charge in [0.15, 0.2) is 0 Å². The second-order valence-electron chi connectivity index (χ2n) is 14.0. The Morgan fingerprint density at radius 1 is 0.407 bits per heavy atom. The zero-order valence-electron chi connectivity index (χ0n) is 30.3. The van der Waals surface area contributed by atoms with E-state index in [0.717, 1.165) is 36.3 Å². The molecular formula is C52H42N2. The van der Waals surface area contributed by atoms with Gasteiger partial charge in [0, 0.05) is 33.7 Å². The topological polar surface area (TPSA) is 6.48 Å². The number of nitrogens with zero attached hydrogens (tertiary/aromatic N) is 2. The summed E-state index contributed by atoms with van der Waals surface area (Å²) in [5.74, 6) is 0. The molecule has 0 heterocycles. The molecule has 0 fully saturated rings. The molecule has 0 radical (unpaired) electrons. The predicted molar refractivity (Wildman–Crippen MR) is 229 cm³/mol. The number of benzene rings is 7. The third-order valence-electron chi connectivity index (χ3n) is 10.7. The standard InChI is InChI=1S/C52H42N2/c1-4-13-39(14-5-1)41-23-31-47(32-24-41)53(48-33-25-42(26-34-48)40-15-6-2-7-16-40)49-35-27-43(28-36-49)44-29-37-50(38-30-44)54(46-19-8-3-9-20-46)52-22-12-18-45-17-10-11-21-51(45)52/h1-11,13-19,21,23-38,46H,12,20,22H2. The van der Waals surface area contributed by atoms with Crippen LogP contribution in [-0.4, -0.2) is 6.04 Å². The molecule has 260 valence electrons. The minimum atomic E-state index is 0.288. The zero-order valence-corrected chi connectivity index (χ0v) is 30.3. The van der Waals surface area contributed by atoms with Gasteiger partial charge >= 0.3 is 0 Å². The van der Waals surface area contributed by atoms with Crippen LogP contribution in [0.2, 0.25) is 0 Å². The summed E-state index contributed by atoms with van der Waals surface area (Å²) in [5, 5.41) is 2.68. The average Bonchev–Trinajstić information content (AvgIpc) is 3.26. The van der Waals surface area contributed by atoms with Gasteiger partial charge in [0.25, 0.3) is 0 Å². The van der Waals surface area contributed by atoms with E-state index in [4.69, 9.17) is 0 Å². The smallest absolute Gasteiger partial charge is 0.0556 e. The van der Waals surface area contributed by atoms with Gasteiger partial charge < -0.3 is 9.80 Å². The second kappa shape index (κ2) is 15.1. The Balaban J connectivity index is 1.04. The lowest BCUT2D eigenvalue weighted by Gasteiger charge is -2.35. The summed E-state index contributed by atoms with van der Waals surface area (Å²) in [5.41, 5.74) is 13.2. The molecule has 9 rings (SSSR count). The van der Waals surface area contributed by atoms with Crippen molar-refractivity contribution in [1.29, 1.82) is 0 Å². The monoisotopic (exact) mass is 694 g/mol. The van der Waals surface area contributed by atoms with Crippen molar-refractivity contribution in [3.8, 4) is 33.4 Å². The number of allylic oxidation sites excluding steroid dienone is 2. The highest BCUT2D eigenvalue weighted by molar-refractivity contribution is 5.81. The first-order valence-corrected chi connectivity index (χ1v) is 19.0. The molecule has 1 unspecified atom stereocenters. The minimum Gasteiger partial charge on any atom is -0.337 e. The number of anilines is 4. The Bertz CT molecular complexity index is 2450. The van der Waals surface area contributed by atoms with Gasteiger partial charge in [-0.05, 0) is 106 Å². The van der Waals surface area contributed by atoms with Crippen molar-refractivity contribution in [2.45, 2.75) is 25.3 Å². The number of hydrogen-bond donors (Lipinski definition) is 0. The third kappa shape index (κ3) is 6.83. The first kappa shape index (κ1) is 33.2. The molecule has 2 nitrogen and oxygen atoms in total. The second-order valence-corrected chi connectivity index (χ2v) is 14.0. The number of fused-ring (bicyclic) bond motifs is 1. The average molecular weight is 695 g/mol. The molecule has 54 heavy (non-hydrogen) atoms. The highest BCUT2D eigenvalue weighted by atomic mass is 15.2. The first-order chi connectivity index (χ1) is 26.8. The number of hydrogen-bond acceptors (Lipinski definition) is 2. The van der Waals surface area contributed by atoms with Gasteiger partial charge in [-0.3, -0.25) is 0 Å². The van der Waals surface area contributed by atoms with Crippen LogP contribution < -0.4 is 20.2 Å². The van der Waals surface area contributed by atoms with E-state index in [0.29, 0.717) is 0 Å². The van der Waals surface area contributed by atoms with Gasteiger partial charge in [-0.15, -0.1) is 0 Å². The van der Waals surface area contributed by atoms with Gasteiger partial charge in [0.1, 0.15) is 0 Å². The summed E-state index contributed by atoms with van der Waals surface area (Å²) < 4.78 is 0. The van der Waals surface area contributed by atoms with Gasteiger partial charge in [0.2, 0.25) is 0 Å². The lowest BCUT2D eigenvalue weighted by Crippen LogP contribution is -2.41. The molecule has 2 aliphatic rings. The third-order valence-corrected chi connectivity index (χ3v) is 10.7. The molecule has 2 aliphatic carbocycles. The van der Waals surface area contributed by atoms with Crippen LogP contribution in [0.5, 0.6) is 0 Å². The summed E-state index contributed by atoms with van der Waals surface area (Å²) in [6.45, 7) is 0. The van der Waals surface area contributed by atoms with Crippen LogP contribution in [0.4, 0.5) is 22.7 Å². The summed E-state index contributed by atoms with van der Waals surface area (Å²) in [6, 6.07) is 66.2. The largest absolute Gasteiger partial charge is 0.337 e. The molecule has 0 bridgehead atoms. The molecule has 0 spiro atoms. The summed E-state index contributed by atoms with van der Waals surface area (Å²) in [6.07, 6.45) is 14.5. The highest BCUT2D eigenvalue weighted by Crippen LogP contribution is 2.38. The van der Waals surface area contributed by atoms with Crippen molar-refractivity contribution < 1.29 is 0 Å². The van der Waals surface area contributed by atoms with Crippen molar-refractivity contribution in [3.05, 3.63) is 217 Å². The van der Waals surface area contributed by atoms with Crippen LogP contribution in [-0.2, 0) is 0 Å². The van der Waals surface area contributed by atoms with Gasteiger partial charge in [-0.2, -0.15) is 0 Å². The van der Waals surface area contributed by atoms with Crippen LogP contribution in [0, 0.1) is 0 Å². The van der Waals surface area contributed by atoms with E-state index in [1.54, 1.807) is 0 Å². The molecule has 2 heteroatoms. The molecule has 0 aromatic heterocycles. The predicted octanol–water partition coefficient (Wildman–Crippen LogP) is 12.2. The lowest BCUT2D eigenvalue weighted by atomic mass is 9.98. The summed E-state index contributed by atoms with van der Waals surface area (Å²) >= 11 is 0. The van der Waals surface area contributed by atoms with E-state index in [1.165, 1.54) is 55.2 Å². The Morgan fingerprint density at radius 2 is 0.852 bits per heavy atom. The Morgan fingerprint density at radius 3 is 1.33 bits per heavy atom. The minimum absolute atomic E-state index is 0.288.